The number of para-hydroxylation sites is 1. The van der Waals surface area contributed by atoms with Crippen LogP contribution in [0.1, 0.15) is 48.7 Å². The number of carbonyl (C=O) groups excluding carboxylic acids is 1. The van der Waals surface area contributed by atoms with Gasteiger partial charge >= 0.3 is 0 Å². The van der Waals surface area contributed by atoms with E-state index in [1.165, 1.54) is 0 Å². The standard InChI is InChI=1S/C18H21N5O/c1-11(2)10-23-17(12-6-7-12)14(9-20-23)18(24)21-15-5-3-4-13-8-19-22-16(13)15/h3-5,8-9,11-12H,6-7,10H2,1-2H3,(H,19,22)(H,21,24). The van der Waals surface area contributed by atoms with Gasteiger partial charge in [0.1, 0.15) is 0 Å². The molecule has 0 atom stereocenters. The molecule has 1 amide bonds. The van der Waals surface area contributed by atoms with Crippen LogP contribution in [0.2, 0.25) is 0 Å². The number of benzene rings is 1. The van der Waals surface area contributed by atoms with Crippen LogP contribution >= 0.6 is 0 Å². The summed E-state index contributed by atoms with van der Waals surface area (Å²) in [5.74, 6) is 0.862. The quantitative estimate of drug-likeness (QED) is 0.754. The lowest BCUT2D eigenvalue weighted by molar-refractivity contribution is 0.102. The minimum Gasteiger partial charge on any atom is -0.320 e. The zero-order valence-electron chi connectivity index (χ0n) is 13.9. The molecule has 2 N–H and O–H groups in total. The fourth-order valence-corrected chi connectivity index (χ4v) is 3.11. The number of hydrogen-bond acceptors (Lipinski definition) is 3. The van der Waals surface area contributed by atoms with Crippen LogP contribution in [0.15, 0.2) is 30.6 Å². The lowest BCUT2D eigenvalue weighted by atomic mass is 10.1. The van der Waals surface area contributed by atoms with Crippen molar-refractivity contribution in [2.24, 2.45) is 5.92 Å². The van der Waals surface area contributed by atoms with Gasteiger partial charge in [0.05, 0.1) is 34.9 Å². The second-order valence-electron chi connectivity index (χ2n) is 6.89. The molecule has 1 aromatic carbocycles. The van der Waals surface area contributed by atoms with E-state index in [2.05, 4.69) is 34.5 Å². The summed E-state index contributed by atoms with van der Waals surface area (Å²) in [6, 6.07) is 5.76. The van der Waals surface area contributed by atoms with E-state index in [1.807, 2.05) is 22.9 Å². The smallest absolute Gasteiger partial charge is 0.259 e. The van der Waals surface area contributed by atoms with Crippen molar-refractivity contribution in [2.75, 3.05) is 5.32 Å². The highest BCUT2D eigenvalue weighted by Gasteiger charge is 2.32. The second-order valence-corrected chi connectivity index (χ2v) is 6.89. The molecule has 0 saturated heterocycles. The largest absolute Gasteiger partial charge is 0.320 e. The summed E-state index contributed by atoms with van der Waals surface area (Å²) in [7, 11) is 0. The number of hydrogen-bond donors (Lipinski definition) is 2. The second kappa shape index (κ2) is 5.78. The number of amides is 1. The number of carbonyl (C=O) groups is 1. The van der Waals surface area contributed by atoms with E-state index in [0.717, 1.165) is 41.7 Å². The number of fused-ring (bicyclic) bond motifs is 1. The average molecular weight is 323 g/mol. The van der Waals surface area contributed by atoms with E-state index in [4.69, 9.17) is 0 Å². The number of rotatable bonds is 5. The molecule has 0 spiro atoms. The zero-order chi connectivity index (χ0) is 16.7. The van der Waals surface area contributed by atoms with Gasteiger partial charge in [0.2, 0.25) is 0 Å². The van der Waals surface area contributed by atoms with Gasteiger partial charge in [-0.1, -0.05) is 26.0 Å². The Bertz CT molecular complexity index is 888. The molecule has 2 aromatic heterocycles. The molecule has 0 aliphatic heterocycles. The van der Waals surface area contributed by atoms with Crippen molar-refractivity contribution in [3.05, 3.63) is 41.9 Å². The molecule has 1 fully saturated rings. The molecule has 1 saturated carbocycles. The van der Waals surface area contributed by atoms with Gasteiger partial charge in [-0.15, -0.1) is 0 Å². The number of nitrogens with one attached hydrogen (secondary N) is 2. The van der Waals surface area contributed by atoms with Gasteiger partial charge in [-0.3, -0.25) is 14.6 Å². The minimum absolute atomic E-state index is 0.103. The van der Waals surface area contributed by atoms with E-state index in [-0.39, 0.29) is 5.91 Å². The number of nitrogens with zero attached hydrogens (tertiary/aromatic N) is 3. The van der Waals surface area contributed by atoms with E-state index in [9.17, 15) is 4.79 Å². The number of H-pyrrole nitrogens is 1. The Morgan fingerprint density at radius 1 is 1.38 bits per heavy atom. The van der Waals surface area contributed by atoms with Gasteiger partial charge < -0.3 is 5.32 Å². The molecule has 1 aliphatic rings. The molecule has 4 rings (SSSR count). The number of anilines is 1. The van der Waals surface area contributed by atoms with Crippen LogP contribution in [0.5, 0.6) is 0 Å². The molecule has 3 aromatic rings. The Kier molecular flexibility index (Phi) is 3.59. The summed E-state index contributed by atoms with van der Waals surface area (Å²) in [5, 5.41) is 15.4. The number of aromatic amines is 1. The van der Waals surface area contributed by atoms with Crippen LogP contribution in [-0.4, -0.2) is 25.9 Å². The molecule has 0 bridgehead atoms. The molecule has 1 aliphatic carbocycles. The molecule has 124 valence electrons. The van der Waals surface area contributed by atoms with Crippen LogP contribution in [-0.2, 0) is 6.54 Å². The monoisotopic (exact) mass is 323 g/mol. The molecule has 2 heterocycles. The third-order valence-corrected chi connectivity index (χ3v) is 4.35. The Morgan fingerprint density at radius 2 is 2.21 bits per heavy atom. The first kappa shape index (κ1) is 14.9. The SMILES string of the molecule is CC(C)Cn1ncc(C(=O)Nc2cccc3cn[nH]c23)c1C1CC1. The highest BCUT2D eigenvalue weighted by molar-refractivity contribution is 6.08. The topological polar surface area (TPSA) is 75.6 Å². The fraction of sp³-hybridized carbons (Fsp3) is 0.389. The summed E-state index contributed by atoms with van der Waals surface area (Å²) in [5.41, 5.74) is 3.36. The number of aromatic nitrogens is 4. The van der Waals surface area contributed by atoms with Gasteiger partial charge in [0.15, 0.2) is 0 Å². The fourth-order valence-electron chi connectivity index (χ4n) is 3.11. The maximum Gasteiger partial charge on any atom is 0.259 e. The van der Waals surface area contributed by atoms with E-state index >= 15 is 0 Å². The molecule has 0 unspecified atom stereocenters. The van der Waals surface area contributed by atoms with Crippen molar-refractivity contribution >= 4 is 22.5 Å². The summed E-state index contributed by atoms with van der Waals surface area (Å²) in [4.78, 5) is 12.8. The van der Waals surface area contributed by atoms with Crippen molar-refractivity contribution in [3.63, 3.8) is 0 Å². The molecule has 6 nitrogen and oxygen atoms in total. The van der Waals surface area contributed by atoms with E-state index in [0.29, 0.717) is 17.4 Å². The van der Waals surface area contributed by atoms with E-state index < -0.39 is 0 Å². The third kappa shape index (κ3) is 2.68. The third-order valence-electron chi connectivity index (χ3n) is 4.35. The lowest BCUT2D eigenvalue weighted by Gasteiger charge is -2.11. The average Bonchev–Trinajstić information content (AvgIpc) is 3.10. The lowest BCUT2D eigenvalue weighted by Crippen LogP contribution is -2.16. The van der Waals surface area contributed by atoms with Gasteiger partial charge in [0.25, 0.3) is 5.91 Å². The Hall–Kier alpha value is -2.63. The zero-order valence-corrected chi connectivity index (χ0v) is 13.9. The molecular formula is C18H21N5O. The molecule has 6 heteroatoms. The Morgan fingerprint density at radius 3 is 2.96 bits per heavy atom. The van der Waals surface area contributed by atoms with Crippen LogP contribution in [0, 0.1) is 5.92 Å². The van der Waals surface area contributed by atoms with Crippen LogP contribution in [0.4, 0.5) is 5.69 Å². The van der Waals surface area contributed by atoms with Crippen molar-refractivity contribution in [1.29, 1.82) is 0 Å². The Labute approximate surface area is 140 Å². The predicted octanol–water partition coefficient (Wildman–Crippen LogP) is 3.55. The van der Waals surface area contributed by atoms with Crippen molar-refractivity contribution in [2.45, 2.75) is 39.2 Å². The normalized spacial score (nSPS) is 14.5. The first-order chi connectivity index (χ1) is 11.6. The highest BCUT2D eigenvalue weighted by atomic mass is 16.1. The van der Waals surface area contributed by atoms with Gasteiger partial charge in [0, 0.05) is 17.8 Å². The van der Waals surface area contributed by atoms with Crippen molar-refractivity contribution in [3.8, 4) is 0 Å². The minimum atomic E-state index is -0.103. The first-order valence-corrected chi connectivity index (χ1v) is 8.42. The molecular weight excluding hydrogens is 302 g/mol. The predicted molar refractivity (Wildman–Crippen MR) is 93.1 cm³/mol. The summed E-state index contributed by atoms with van der Waals surface area (Å²) in [6.45, 7) is 5.17. The summed E-state index contributed by atoms with van der Waals surface area (Å²) in [6.07, 6.45) is 5.74. The molecule has 24 heavy (non-hydrogen) atoms. The van der Waals surface area contributed by atoms with Crippen molar-refractivity contribution in [1.82, 2.24) is 20.0 Å². The van der Waals surface area contributed by atoms with Gasteiger partial charge in [-0.05, 0) is 24.8 Å². The van der Waals surface area contributed by atoms with Crippen LogP contribution in [0.3, 0.4) is 0 Å². The highest BCUT2D eigenvalue weighted by Crippen LogP contribution is 2.42. The maximum absolute atomic E-state index is 12.8. The maximum atomic E-state index is 12.8. The van der Waals surface area contributed by atoms with E-state index in [1.54, 1.807) is 12.4 Å². The summed E-state index contributed by atoms with van der Waals surface area (Å²) < 4.78 is 2.01. The van der Waals surface area contributed by atoms with Gasteiger partial charge in [-0.2, -0.15) is 10.2 Å². The van der Waals surface area contributed by atoms with Crippen LogP contribution < -0.4 is 5.32 Å². The van der Waals surface area contributed by atoms with Gasteiger partial charge in [-0.25, -0.2) is 0 Å². The molecule has 0 radical (unpaired) electrons. The Balaban J connectivity index is 1.65. The van der Waals surface area contributed by atoms with Crippen LogP contribution in [0.25, 0.3) is 10.9 Å². The van der Waals surface area contributed by atoms with Crippen molar-refractivity contribution < 1.29 is 4.79 Å². The first-order valence-electron chi connectivity index (χ1n) is 8.42. The summed E-state index contributed by atoms with van der Waals surface area (Å²) >= 11 is 0.